The van der Waals surface area contributed by atoms with Crippen molar-refractivity contribution in [1.82, 2.24) is 15.0 Å². The van der Waals surface area contributed by atoms with Crippen LogP contribution in [0.15, 0.2) is 61.1 Å². The normalized spacial score (nSPS) is 13.1. The van der Waals surface area contributed by atoms with Crippen LogP contribution in [0.5, 0.6) is 5.88 Å². The molecule has 0 saturated carbocycles. The van der Waals surface area contributed by atoms with Crippen molar-refractivity contribution in [2.45, 2.75) is 0 Å². The molecule has 5 rings (SSSR count). The summed E-state index contributed by atoms with van der Waals surface area (Å²) < 4.78 is 5.71. The molecule has 1 N–H and O–H groups in total. The minimum Gasteiger partial charge on any atom is -0.455 e. The van der Waals surface area contributed by atoms with E-state index in [4.69, 9.17) is 27.9 Å². The van der Waals surface area contributed by atoms with Gasteiger partial charge in [-0.3, -0.25) is 14.7 Å². The Morgan fingerprint density at radius 2 is 1.87 bits per heavy atom. The van der Waals surface area contributed by atoms with Gasteiger partial charge in [-0.2, -0.15) is 4.98 Å². The van der Waals surface area contributed by atoms with Crippen LogP contribution in [0.25, 0.3) is 10.8 Å². The quantitative estimate of drug-likeness (QED) is 0.481. The van der Waals surface area contributed by atoms with E-state index >= 15 is 0 Å². The molecule has 0 bridgehead atoms. The zero-order valence-corrected chi connectivity index (χ0v) is 16.9. The van der Waals surface area contributed by atoms with Crippen LogP contribution < -0.4 is 15.0 Å². The minimum absolute atomic E-state index is 0.0608. The number of fused-ring (bicyclic) bond motifs is 2. The third-order valence-electron chi connectivity index (χ3n) is 4.66. The second-order valence-corrected chi connectivity index (χ2v) is 7.37. The van der Waals surface area contributed by atoms with E-state index in [2.05, 4.69) is 20.3 Å². The number of ether oxygens (including phenoxy) is 1. The fourth-order valence-electron chi connectivity index (χ4n) is 3.22. The van der Waals surface area contributed by atoms with Crippen LogP contribution >= 0.6 is 23.2 Å². The zero-order chi connectivity index (χ0) is 20.7. The summed E-state index contributed by atoms with van der Waals surface area (Å²) in [5.74, 6) is 0.178. The van der Waals surface area contributed by atoms with E-state index in [9.17, 15) is 4.79 Å². The molecule has 0 aliphatic carbocycles. The number of nitrogens with one attached hydrogen (secondary N) is 1. The smallest absolute Gasteiger partial charge is 0.268 e. The molecule has 30 heavy (non-hydrogen) atoms. The molecule has 148 valence electrons. The third kappa shape index (κ3) is 3.28. The van der Waals surface area contributed by atoms with Crippen molar-refractivity contribution in [2.24, 2.45) is 0 Å². The van der Waals surface area contributed by atoms with Crippen LogP contribution in [0.2, 0.25) is 10.0 Å². The first-order valence-electron chi connectivity index (χ1n) is 8.97. The average Bonchev–Trinajstić information content (AvgIpc) is 2.75. The molecule has 2 aromatic carbocycles. The van der Waals surface area contributed by atoms with E-state index < -0.39 is 0 Å². The molecular formula is C21H13Cl2N5O2. The summed E-state index contributed by atoms with van der Waals surface area (Å²) >= 11 is 12.5. The Kier molecular flexibility index (Phi) is 4.61. The van der Waals surface area contributed by atoms with E-state index in [-0.39, 0.29) is 24.1 Å². The van der Waals surface area contributed by atoms with Crippen LogP contribution in [0.1, 0.15) is 10.4 Å². The Bertz CT molecular complexity index is 1280. The number of pyridine rings is 1. The number of benzene rings is 2. The molecule has 0 spiro atoms. The topological polar surface area (TPSA) is 80.2 Å². The number of para-hydroxylation sites is 1. The molecule has 0 radical (unpaired) electrons. The SMILES string of the molecule is O=C1c2cnc(Nc3ccc4cnccc4c3)nc2OCN1c1c(Cl)cccc1Cl. The average molecular weight is 438 g/mol. The highest BCUT2D eigenvalue weighted by Gasteiger charge is 2.31. The molecule has 1 aliphatic heterocycles. The standard InChI is InChI=1S/C21H13Cl2N5O2/c22-16-2-1-3-17(23)18(16)28-11-30-19-15(20(28)29)10-25-21(27-19)26-14-5-4-13-9-24-7-6-12(13)8-14/h1-10H,11H2,(H,25,26,27). The number of halogens is 2. The molecule has 0 atom stereocenters. The minimum atomic E-state index is -0.337. The lowest BCUT2D eigenvalue weighted by molar-refractivity contribution is 0.0932. The summed E-state index contributed by atoms with van der Waals surface area (Å²) in [5.41, 5.74) is 1.43. The van der Waals surface area contributed by atoms with Crippen LogP contribution in [0.3, 0.4) is 0 Å². The van der Waals surface area contributed by atoms with E-state index in [0.717, 1.165) is 16.5 Å². The summed E-state index contributed by atoms with van der Waals surface area (Å²) in [7, 11) is 0. The lowest BCUT2D eigenvalue weighted by Gasteiger charge is -2.29. The van der Waals surface area contributed by atoms with Gasteiger partial charge in [-0.1, -0.05) is 35.3 Å². The fraction of sp³-hybridized carbons (Fsp3) is 0.0476. The monoisotopic (exact) mass is 437 g/mol. The second-order valence-electron chi connectivity index (χ2n) is 6.55. The number of hydrogen-bond acceptors (Lipinski definition) is 6. The van der Waals surface area contributed by atoms with Crippen LogP contribution in [-0.2, 0) is 0 Å². The lowest BCUT2D eigenvalue weighted by atomic mass is 10.1. The Hall–Kier alpha value is -3.42. The summed E-state index contributed by atoms with van der Waals surface area (Å²) in [6.45, 7) is -0.0608. The second kappa shape index (κ2) is 7.44. The fourth-order valence-corrected chi connectivity index (χ4v) is 3.82. The lowest BCUT2D eigenvalue weighted by Crippen LogP contribution is -2.39. The van der Waals surface area contributed by atoms with E-state index in [0.29, 0.717) is 21.7 Å². The van der Waals surface area contributed by atoms with Crippen molar-refractivity contribution in [3.63, 3.8) is 0 Å². The molecule has 0 saturated heterocycles. The Labute approximate surface area is 181 Å². The Morgan fingerprint density at radius 1 is 1.03 bits per heavy atom. The number of hydrogen-bond donors (Lipinski definition) is 1. The first-order chi connectivity index (χ1) is 14.6. The van der Waals surface area contributed by atoms with Crippen LogP contribution in [0.4, 0.5) is 17.3 Å². The molecule has 9 heteroatoms. The molecule has 1 aliphatic rings. The van der Waals surface area contributed by atoms with Gasteiger partial charge in [0.2, 0.25) is 11.8 Å². The third-order valence-corrected chi connectivity index (χ3v) is 5.27. The van der Waals surface area contributed by atoms with Crippen molar-refractivity contribution in [1.29, 1.82) is 0 Å². The van der Waals surface area contributed by atoms with Gasteiger partial charge in [0, 0.05) is 29.7 Å². The first kappa shape index (κ1) is 18.6. The molecule has 7 nitrogen and oxygen atoms in total. The maximum Gasteiger partial charge on any atom is 0.268 e. The number of anilines is 3. The molecule has 0 unspecified atom stereocenters. The molecular weight excluding hydrogens is 425 g/mol. The molecule has 1 amide bonds. The largest absolute Gasteiger partial charge is 0.455 e. The number of carbonyl (C=O) groups excluding carboxylic acids is 1. The highest BCUT2D eigenvalue weighted by Crippen LogP contribution is 2.37. The Balaban J connectivity index is 1.43. The van der Waals surface area contributed by atoms with Crippen molar-refractivity contribution in [3.8, 4) is 5.88 Å². The van der Waals surface area contributed by atoms with E-state index in [1.54, 1.807) is 30.6 Å². The van der Waals surface area contributed by atoms with E-state index in [1.165, 1.54) is 11.1 Å². The van der Waals surface area contributed by atoms with Gasteiger partial charge in [-0.25, -0.2) is 4.98 Å². The van der Waals surface area contributed by atoms with Gasteiger partial charge in [0.25, 0.3) is 5.91 Å². The van der Waals surface area contributed by atoms with Gasteiger partial charge in [-0.05, 0) is 35.7 Å². The van der Waals surface area contributed by atoms with Crippen molar-refractivity contribution < 1.29 is 9.53 Å². The van der Waals surface area contributed by atoms with Gasteiger partial charge in [-0.15, -0.1) is 0 Å². The number of nitrogens with zero attached hydrogens (tertiary/aromatic N) is 4. The maximum absolute atomic E-state index is 13.0. The van der Waals surface area contributed by atoms with Crippen LogP contribution in [0, 0.1) is 0 Å². The van der Waals surface area contributed by atoms with Crippen LogP contribution in [-0.4, -0.2) is 27.6 Å². The maximum atomic E-state index is 13.0. The number of rotatable bonds is 3. The number of amides is 1. The van der Waals surface area contributed by atoms with Crippen molar-refractivity contribution in [2.75, 3.05) is 16.9 Å². The summed E-state index contributed by atoms with van der Waals surface area (Å²) in [6.07, 6.45) is 4.96. The summed E-state index contributed by atoms with van der Waals surface area (Å²) in [5, 5.41) is 5.91. The number of carbonyl (C=O) groups is 1. The van der Waals surface area contributed by atoms with Crippen molar-refractivity contribution in [3.05, 3.63) is 76.7 Å². The predicted molar refractivity (Wildman–Crippen MR) is 116 cm³/mol. The van der Waals surface area contributed by atoms with Gasteiger partial charge in [0.15, 0.2) is 6.73 Å². The zero-order valence-electron chi connectivity index (χ0n) is 15.3. The molecule has 0 fully saturated rings. The molecule has 2 aromatic heterocycles. The molecule has 4 aromatic rings. The predicted octanol–water partition coefficient (Wildman–Crippen LogP) is 5.07. The summed E-state index contributed by atoms with van der Waals surface area (Å²) in [4.78, 5) is 27.0. The highest BCUT2D eigenvalue weighted by molar-refractivity contribution is 6.40. The van der Waals surface area contributed by atoms with Gasteiger partial charge < -0.3 is 10.1 Å². The van der Waals surface area contributed by atoms with Gasteiger partial charge in [0.1, 0.15) is 5.56 Å². The van der Waals surface area contributed by atoms with Gasteiger partial charge in [0.05, 0.1) is 15.7 Å². The highest BCUT2D eigenvalue weighted by atomic mass is 35.5. The Morgan fingerprint density at radius 3 is 2.70 bits per heavy atom. The first-order valence-corrected chi connectivity index (χ1v) is 9.72. The molecule has 3 heterocycles. The summed E-state index contributed by atoms with van der Waals surface area (Å²) in [6, 6.07) is 12.8. The van der Waals surface area contributed by atoms with Crippen molar-refractivity contribution >= 4 is 57.2 Å². The number of aromatic nitrogens is 3. The van der Waals surface area contributed by atoms with E-state index in [1.807, 2.05) is 24.3 Å². The van der Waals surface area contributed by atoms with Gasteiger partial charge >= 0.3 is 0 Å².